The zero-order valence-corrected chi connectivity index (χ0v) is 12.3. The monoisotopic (exact) mass is 330 g/mol. The highest BCUT2D eigenvalue weighted by molar-refractivity contribution is 9.10. The van der Waals surface area contributed by atoms with Crippen LogP contribution in [0.3, 0.4) is 0 Å². The van der Waals surface area contributed by atoms with Gasteiger partial charge in [-0.3, -0.25) is 0 Å². The number of nitrogens with zero attached hydrogens (tertiary/aromatic N) is 2. The first-order chi connectivity index (χ1) is 8.58. The van der Waals surface area contributed by atoms with Crippen molar-refractivity contribution in [2.24, 2.45) is 0 Å². The summed E-state index contributed by atoms with van der Waals surface area (Å²) in [6.07, 6.45) is 0. The molecule has 4 nitrogen and oxygen atoms in total. The Morgan fingerprint density at radius 1 is 1.61 bits per heavy atom. The summed E-state index contributed by atoms with van der Waals surface area (Å²) in [6, 6.07) is 5.26. The summed E-state index contributed by atoms with van der Waals surface area (Å²) in [4.78, 5) is 16.1. The number of esters is 1. The Balaban J connectivity index is 2.63. The highest BCUT2D eigenvalue weighted by Gasteiger charge is 2.21. The predicted molar refractivity (Wildman–Crippen MR) is 73.7 cm³/mol. The molecule has 1 aromatic carbocycles. The molecule has 2 rings (SSSR count). The average Bonchev–Trinajstić information content (AvgIpc) is 2.74. The molecule has 96 valence electrons. The third-order valence-corrected chi connectivity index (χ3v) is 3.51. The minimum atomic E-state index is -0.449. The highest BCUT2D eigenvalue weighted by atomic mass is 79.9. The van der Waals surface area contributed by atoms with E-state index in [-0.39, 0.29) is 11.8 Å². The van der Waals surface area contributed by atoms with Crippen LogP contribution in [-0.4, -0.2) is 22.6 Å². The normalized spacial score (nSPS) is 12.7. The summed E-state index contributed by atoms with van der Waals surface area (Å²) >= 11 is 9.28. The number of methoxy groups -OCH3 is 1. The fourth-order valence-corrected chi connectivity index (χ4v) is 2.46. The Kier molecular flexibility index (Phi) is 3.92. The molecule has 0 N–H and O–H groups in total. The third-order valence-electron chi connectivity index (χ3n) is 2.77. The van der Waals surface area contributed by atoms with Gasteiger partial charge in [-0.25, -0.2) is 9.78 Å². The Labute approximate surface area is 118 Å². The van der Waals surface area contributed by atoms with Crippen LogP contribution in [0, 0.1) is 0 Å². The van der Waals surface area contributed by atoms with Crippen LogP contribution in [0.4, 0.5) is 0 Å². The van der Waals surface area contributed by atoms with Crippen LogP contribution in [0.5, 0.6) is 0 Å². The SMILES string of the molecule is COC(=O)C(C)n1c(CCl)nc2cc(Br)ccc21. The standard InChI is InChI=1S/C12H12BrClN2O2/c1-7(12(17)18-2)16-10-4-3-8(13)5-9(10)15-11(16)6-14/h3-5,7H,6H2,1-2H3. The number of rotatable bonds is 3. The molecule has 0 aliphatic rings. The lowest BCUT2D eigenvalue weighted by atomic mass is 10.2. The van der Waals surface area contributed by atoms with Gasteiger partial charge in [0.05, 0.1) is 24.0 Å². The van der Waals surface area contributed by atoms with Crippen molar-refractivity contribution in [3.8, 4) is 0 Å². The molecule has 0 spiro atoms. The van der Waals surface area contributed by atoms with Crippen molar-refractivity contribution < 1.29 is 9.53 Å². The molecule has 0 fully saturated rings. The van der Waals surface area contributed by atoms with Crippen LogP contribution in [0.2, 0.25) is 0 Å². The van der Waals surface area contributed by atoms with Gasteiger partial charge in [0.2, 0.25) is 0 Å². The topological polar surface area (TPSA) is 44.1 Å². The maximum Gasteiger partial charge on any atom is 0.328 e. The van der Waals surface area contributed by atoms with E-state index >= 15 is 0 Å². The van der Waals surface area contributed by atoms with Crippen LogP contribution < -0.4 is 0 Å². The van der Waals surface area contributed by atoms with Gasteiger partial charge in [-0.05, 0) is 25.1 Å². The Bertz CT molecular complexity index is 597. The molecule has 1 heterocycles. The minimum absolute atomic E-state index is 0.244. The van der Waals surface area contributed by atoms with Gasteiger partial charge in [0.1, 0.15) is 11.9 Å². The largest absolute Gasteiger partial charge is 0.467 e. The predicted octanol–water partition coefficient (Wildman–Crippen LogP) is 3.27. The molecule has 18 heavy (non-hydrogen) atoms. The van der Waals surface area contributed by atoms with Crippen LogP contribution in [0.1, 0.15) is 18.8 Å². The van der Waals surface area contributed by atoms with E-state index in [4.69, 9.17) is 16.3 Å². The fourth-order valence-electron chi connectivity index (χ4n) is 1.92. The smallest absolute Gasteiger partial charge is 0.328 e. The summed E-state index contributed by atoms with van der Waals surface area (Å²) in [6.45, 7) is 1.77. The van der Waals surface area contributed by atoms with Crippen molar-refractivity contribution >= 4 is 44.5 Å². The van der Waals surface area contributed by atoms with Gasteiger partial charge >= 0.3 is 5.97 Å². The van der Waals surface area contributed by atoms with E-state index in [0.29, 0.717) is 5.82 Å². The van der Waals surface area contributed by atoms with Crippen molar-refractivity contribution in [1.29, 1.82) is 0 Å². The lowest BCUT2D eigenvalue weighted by Crippen LogP contribution is -2.19. The van der Waals surface area contributed by atoms with Crippen LogP contribution >= 0.6 is 27.5 Å². The minimum Gasteiger partial charge on any atom is -0.467 e. The van der Waals surface area contributed by atoms with Crippen molar-refractivity contribution in [3.05, 3.63) is 28.5 Å². The molecule has 0 amide bonds. The number of halogens is 2. The second-order valence-electron chi connectivity index (χ2n) is 3.86. The number of hydrogen-bond donors (Lipinski definition) is 0. The zero-order valence-electron chi connectivity index (χ0n) is 9.98. The van der Waals surface area contributed by atoms with E-state index in [9.17, 15) is 4.79 Å². The number of alkyl halides is 1. The van der Waals surface area contributed by atoms with Gasteiger partial charge in [0.15, 0.2) is 0 Å². The Morgan fingerprint density at radius 3 is 2.94 bits per heavy atom. The summed E-state index contributed by atoms with van der Waals surface area (Å²) in [5.41, 5.74) is 1.67. The molecule has 1 atom stereocenters. The first-order valence-electron chi connectivity index (χ1n) is 5.38. The molecule has 0 radical (unpaired) electrons. The van der Waals surface area contributed by atoms with E-state index in [1.165, 1.54) is 7.11 Å². The van der Waals surface area contributed by atoms with E-state index in [2.05, 4.69) is 20.9 Å². The van der Waals surface area contributed by atoms with Crippen molar-refractivity contribution in [2.75, 3.05) is 7.11 Å². The quantitative estimate of drug-likeness (QED) is 0.640. The molecule has 0 saturated heterocycles. The lowest BCUT2D eigenvalue weighted by molar-refractivity contribution is -0.143. The summed E-state index contributed by atoms with van der Waals surface area (Å²) < 4.78 is 7.51. The van der Waals surface area contributed by atoms with Gasteiger partial charge in [-0.2, -0.15) is 0 Å². The third kappa shape index (κ3) is 2.24. The second kappa shape index (κ2) is 5.28. The van der Waals surface area contributed by atoms with E-state index in [0.717, 1.165) is 15.5 Å². The zero-order chi connectivity index (χ0) is 13.3. The van der Waals surface area contributed by atoms with Gasteiger partial charge in [0.25, 0.3) is 0 Å². The molecule has 0 saturated carbocycles. The molecule has 0 bridgehead atoms. The molecular weight excluding hydrogens is 320 g/mol. The van der Waals surface area contributed by atoms with Crippen molar-refractivity contribution in [1.82, 2.24) is 9.55 Å². The maximum atomic E-state index is 11.7. The van der Waals surface area contributed by atoms with Crippen LogP contribution in [0.15, 0.2) is 22.7 Å². The van der Waals surface area contributed by atoms with Crippen molar-refractivity contribution in [3.63, 3.8) is 0 Å². The summed E-state index contributed by atoms with van der Waals surface area (Å²) in [5.74, 6) is 0.583. The number of benzene rings is 1. The number of hydrogen-bond acceptors (Lipinski definition) is 3. The van der Waals surface area contributed by atoms with Crippen LogP contribution in [0.25, 0.3) is 11.0 Å². The van der Waals surface area contributed by atoms with E-state index in [1.54, 1.807) is 11.5 Å². The summed E-state index contributed by atoms with van der Waals surface area (Å²) in [7, 11) is 1.37. The van der Waals surface area contributed by atoms with E-state index in [1.807, 2.05) is 18.2 Å². The van der Waals surface area contributed by atoms with Gasteiger partial charge in [-0.1, -0.05) is 15.9 Å². The van der Waals surface area contributed by atoms with Gasteiger partial charge in [0, 0.05) is 4.47 Å². The van der Waals surface area contributed by atoms with Crippen LogP contribution in [-0.2, 0) is 15.4 Å². The number of ether oxygens (including phenoxy) is 1. The highest BCUT2D eigenvalue weighted by Crippen LogP contribution is 2.25. The Morgan fingerprint density at radius 2 is 2.33 bits per heavy atom. The first-order valence-corrected chi connectivity index (χ1v) is 6.71. The number of fused-ring (bicyclic) bond motifs is 1. The summed E-state index contributed by atoms with van der Waals surface area (Å²) in [5, 5.41) is 0. The molecule has 1 unspecified atom stereocenters. The number of aromatic nitrogens is 2. The lowest BCUT2D eigenvalue weighted by Gasteiger charge is -2.14. The van der Waals surface area contributed by atoms with Gasteiger partial charge in [-0.15, -0.1) is 11.6 Å². The molecule has 0 aliphatic heterocycles. The number of carbonyl (C=O) groups excluding carboxylic acids is 1. The second-order valence-corrected chi connectivity index (χ2v) is 5.05. The number of carbonyl (C=O) groups is 1. The molecule has 1 aromatic heterocycles. The fraction of sp³-hybridized carbons (Fsp3) is 0.333. The maximum absolute atomic E-state index is 11.7. The Hall–Kier alpha value is -1.07. The molecule has 0 aliphatic carbocycles. The molecular formula is C12H12BrClN2O2. The number of imidazole rings is 1. The van der Waals surface area contributed by atoms with Gasteiger partial charge < -0.3 is 9.30 Å². The first kappa shape index (κ1) is 13.4. The van der Waals surface area contributed by atoms with Crippen molar-refractivity contribution in [2.45, 2.75) is 18.8 Å². The molecule has 6 heteroatoms. The molecule has 2 aromatic rings. The average molecular weight is 332 g/mol. The van der Waals surface area contributed by atoms with E-state index < -0.39 is 6.04 Å².